The second-order valence-corrected chi connectivity index (χ2v) is 5.71. The summed E-state index contributed by atoms with van der Waals surface area (Å²) >= 11 is 4.13. The highest BCUT2D eigenvalue weighted by Gasteiger charge is 2.41. The average Bonchev–Trinajstić information content (AvgIpc) is 2.24. The standard InChI is InChI=1S/C8H20O4SSi/c1-9-14(10-2,11-3)12-7-5-4-6-8-13/h13H,4-8H2,1-3H3. The molecule has 0 aromatic carbocycles. The van der Waals surface area contributed by atoms with Crippen LogP contribution in [0.4, 0.5) is 0 Å². The minimum Gasteiger partial charge on any atom is -0.355 e. The summed E-state index contributed by atoms with van der Waals surface area (Å²) in [4.78, 5) is 0. The predicted molar refractivity (Wildman–Crippen MR) is 60.4 cm³/mol. The molecule has 4 nitrogen and oxygen atoms in total. The normalized spacial score (nSPS) is 12.0. The summed E-state index contributed by atoms with van der Waals surface area (Å²) in [6.45, 7) is 0.607. The van der Waals surface area contributed by atoms with E-state index in [1.54, 1.807) is 0 Å². The largest absolute Gasteiger partial charge is 0.678 e. The third-order valence-corrected chi connectivity index (χ3v) is 4.21. The summed E-state index contributed by atoms with van der Waals surface area (Å²) in [5.41, 5.74) is 0. The number of thiol groups is 1. The van der Waals surface area contributed by atoms with Gasteiger partial charge in [0.1, 0.15) is 0 Å². The van der Waals surface area contributed by atoms with Gasteiger partial charge in [-0.3, -0.25) is 0 Å². The van der Waals surface area contributed by atoms with Gasteiger partial charge in [0.15, 0.2) is 0 Å². The SMILES string of the molecule is CO[Si](OC)(OC)OCCCCCS. The highest BCUT2D eigenvalue weighted by Crippen LogP contribution is 2.09. The maximum absolute atomic E-state index is 5.47. The number of hydrogen-bond donors (Lipinski definition) is 1. The van der Waals surface area contributed by atoms with Crippen molar-refractivity contribution in [1.82, 2.24) is 0 Å². The van der Waals surface area contributed by atoms with Crippen LogP contribution in [0, 0.1) is 0 Å². The van der Waals surface area contributed by atoms with Crippen LogP contribution in [0.3, 0.4) is 0 Å². The zero-order chi connectivity index (χ0) is 10.9. The second-order valence-electron chi connectivity index (χ2n) is 2.75. The van der Waals surface area contributed by atoms with Gasteiger partial charge in [-0.05, 0) is 18.6 Å². The van der Waals surface area contributed by atoms with Crippen molar-refractivity contribution in [3.8, 4) is 0 Å². The zero-order valence-corrected chi connectivity index (χ0v) is 11.0. The van der Waals surface area contributed by atoms with Gasteiger partial charge in [-0.25, -0.2) is 0 Å². The van der Waals surface area contributed by atoms with Crippen LogP contribution in [0.15, 0.2) is 0 Å². The minimum absolute atomic E-state index is 0.607. The van der Waals surface area contributed by atoms with Gasteiger partial charge < -0.3 is 17.7 Å². The first-order valence-electron chi connectivity index (χ1n) is 4.65. The van der Waals surface area contributed by atoms with Gasteiger partial charge in [0.2, 0.25) is 0 Å². The first-order chi connectivity index (χ1) is 6.74. The molecule has 0 aromatic heterocycles. The van der Waals surface area contributed by atoms with Crippen molar-refractivity contribution in [1.29, 1.82) is 0 Å². The first kappa shape index (κ1) is 14.4. The molecule has 0 aromatic rings. The molecule has 0 aliphatic carbocycles. The van der Waals surface area contributed by atoms with E-state index in [1.807, 2.05) is 0 Å². The zero-order valence-electron chi connectivity index (χ0n) is 9.12. The molecule has 0 atom stereocenters. The summed E-state index contributed by atoms with van der Waals surface area (Å²) in [5, 5.41) is 0. The van der Waals surface area contributed by atoms with E-state index in [1.165, 1.54) is 21.3 Å². The second kappa shape index (κ2) is 8.69. The maximum Gasteiger partial charge on any atom is 0.678 e. The number of rotatable bonds is 9. The lowest BCUT2D eigenvalue weighted by atomic mass is 10.3. The molecule has 0 aliphatic rings. The van der Waals surface area contributed by atoms with Crippen LogP contribution in [0.2, 0.25) is 0 Å². The van der Waals surface area contributed by atoms with E-state index in [0.29, 0.717) is 6.61 Å². The van der Waals surface area contributed by atoms with Crippen molar-refractivity contribution >= 4 is 21.7 Å². The Morgan fingerprint density at radius 3 is 1.93 bits per heavy atom. The van der Waals surface area contributed by atoms with E-state index in [9.17, 15) is 0 Å². The molecule has 0 bridgehead atoms. The van der Waals surface area contributed by atoms with E-state index >= 15 is 0 Å². The molecule has 0 spiro atoms. The maximum atomic E-state index is 5.47. The molecule has 0 rings (SSSR count). The summed E-state index contributed by atoms with van der Waals surface area (Å²) in [6.07, 6.45) is 3.19. The lowest BCUT2D eigenvalue weighted by Gasteiger charge is -2.22. The fourth-order valence-corrected chi connectivity index (χ4v) is 2.49. The van der Waals surface area contributed by atoms with Gasteiger partial charge in [0.05, 0.1) is 0 Å². The molecule has 0 fully saturated rings. The Balaban J connectivity index is 3.61. The average molecular weight is 240 g/mol. The number of hydrogen-bond acceptors (Lipinski definition) is 5. The van der Waals surface area contributed by atoms with Crippen LogP contribution in [-0.2, 0) is 17.7 Å². The summed E-state index contributed by atoms with van der Waals surface area (Å²) < 4.78 is 20.8. The van der Waals surface area contributed by atoms with Crippen LogP contribution in [0.1, 0.15) is 19.3 Å². The summed E-state index contributed by atoms with van der Waals surface area (Å²) in [7, 11) is 1.81. The molecular weight excluding hydrogens is 220 g/mol. The van der Waals surface area contributed by atoms with E-state index < -0.39 is 9.05 Å². The monoisotopic (exact) mass is 240 g/mol. The first-order valence-corrected chi connectivity index (χ1v) is 6.91. The quantitative estimate of drug-likeness (QED) is 0.376. The molecule has 0 heterocycles. The van der Waals surface area contributed by atoms with Gasteiger partial charge >= 0.3 is 9.05 Å². The lowest BCUT2D eigenvalue weighted by molar-refractivity contribution is 0.00512. The van der Waals surface area contributed by atoms with Crippen molar-refractivity contribution in [2.45, 2.75) is 19.3 Å². The fraction of sp³-hybridized carbons (Fsp3) is 1.00. The van der Waals surface area contributed by atoms with Crippen LogP contribution in [-0.4, -0.2) is 42.7 Å². The van der Waals surface area contributed by atoms with Crippen LogP contribution >= 0.6 is 12.6 Å². The van der Waals surface area contributed by atoms with Crippen molar-refractivity contribution in [2.24, 2.45) is 0 Å². The van der Waals surface area contributed by atoms with Crippen LogP contribution in [0.25, 0.3) is 0 Å². The van der Waals surface area contributed by atoms with Gasteiger partial charge in [-0.1, -0.05) is 6.42 Å². The molecule has 0 unspecified atom stereocenters. The highest BCUT2D eigenvalue weighted by molar-refractivity contribution is 7.80. The van der Waals surface area contributed by atoms with Crippen molar-refractivity contribution in [2.75, 3.05) is 33.7 Å². The fourth-order valence-electron chi connectivity index (χ4n) is 1.01. The molecule has 0 aliphatic heterocycles. The third kappa shape index (κ3) is 5.33. The molecule has 0 N–H and O–H groups in total. The Morgan fingerprint density at radius 2 is 1.50 bits per heavy atom. The third-order valence-electron chi connectivity index (χ3n) is 1.83. The van der Waals surface area contributed by atoms with Crippen LogP contribution in [0.5, 0.6) is 0 Å². The molecule has 0 amide bonds. The summed E-state index contributed by atoms with van der Waals surface area (Å²) in [5.74, 6) is 0.918. The lowest BCUT2D eigenvalue weighted by Crippen LogP contribution is -2.46. The predicted octanol–water partition coefficient (Wildman–Crippen LogP) is 1.48. The van der Waals surface area contributed by atoms with E-state index in [4.69, 9.17) is 17.7 Å². The molecule has 0 radical (unpaired) electrons. The van der Waals surface area contributed by atoms with Gasteiger partial charge in [-0.15, -0.1) is 0 Å². The van der Waals surface area contributed by atoms with Crippen molar-refractivity contribution < 1.29 is 17.7 Å². The minimum atomic E-state index is -2.80. The number of unbranched alkanes of at least 4 members (excludes halogenated alkanes) is 2. The Bertz CT molecular complexity index is 124. The molecular formula is C8H20O4SSi. The Morgan fingerprint density at radius 1 is 0.929 bits per heavy atom. The van der Waals surface area contributed by atoms with E-state index in [0.717, 1.165) is 25.0 Å². The van der Waals surface area contributed by atoms with Crippen molar-refractivity contribution in [3.63, 3.8) is 0 Å². The topological polar surface area (TPSA) is 36.9 Å². The van der Waals surface area contributed by atoms with Crippen molar-refractivity contribution in [3.05, 3.63) is 0 Å². The van der Waals surface area contributed by atoms with Gasteiger partial charge in [0.25, 0.3) is 0 Å². The molecule has 0 saturated carbocycles. The Labute approximate surface area is 92.8 Å². The Hall–Kier alpha value is 0.407. The highest BCUT2D eigenvalue weighted by atomic mass is 32.1. The molecule has 6 heteroatoms. The van der Waals surface area contributed by atoms with E-state index in [-0.39, 0.29) is 0 Å². The van der Waals surface area contributed by atoms with Gasteiger partial charge in [-0.2, -0.15) is 12.6 Å². The van der Waals surface area contributed by atoms with Crippen LogP contribution < -0.4 is 0 Å². The molecule has 0 saturated heterocycles. The molecule has 86 valence electrons. The molecule has 14 heavy (non-hydrogen) atoms. The summed E-state index contributed by atoms with van der Waals surface area (Å²) in [6, 6.07) is 0. The smallest absolute Gasteiger partial charge is 0.355 e. The van der Waals surface area contributed by atoms with E-state index in [2.05, 4.69) is 12.6 Å². The van der Waals surface area contributed by atoms with Gasteiger partial charge in [0, 0.05) is 27.9 Å². The Kier molecular flexibility index (Phi) is 8.95.